The Balaban J connectivity index is 1.90. The first-order valence-electron chi connectivity index (χ1n) is 6.52. The molecule has 1 aromatic carbocycles. The van der Waals surface area contributed by atoms with E-state index in [-0.39, 0.29) is 11.9 Å². The summed E-state index contributed by atoms with van der Waals surface area (Å²) in [6.07, 6.45) is 2.73. The minimum absolute atomic E-state index is 0.0628. The molecular formula is C14H15N3O3S. The number of amides is 1. The molecule has 1 heterocycles. The zero-order valence-corrected chi connectivity index (χ0v) is 12.4. The van der Waals surface area contributed by atoms with Crippen LogP contribution >= 0.6 is 11.8 Å². The molecule has 0 unspecified atom stereocenters. The number of rotatable bonds is 5. The average Bonchev–Trinajstić information content (AvgIpc) is 2.87. The fraction of sp³-hybridized carbons (Fsp3) is 0.286. The number of carbonyl (C=O) groups is 2. The van der Waals surface area contributed by atoms with Crippen molar-refractivity contribution in [3.8, 4) is 5.75 Å². The maximum atomic E-state index is 11.3. The predicted molar refractivity (Wildman–Crippen MR) is 82.6 cm³/mol. The van der Waals surface area contributed by atoms with Crippen molar-refractivity contribution in [1.29, 1.82) is 0 Å². The molecule has 0 spiro atoms. The molecule has 0 bridgehead atoms. The van der Waals surface area contributed by atoms with Crippen LogP contribution in [-0.2, 0) is 9.59 Å². The van der Waals surface area contributed by atoms with Gasteiger partial charge in [-0.05, 0) is 36.2 Å². The molecule has 0 aromatic heterocycles. The summed E-state index contributed by atoms with van der Waals surface area (Å²) in [4.78, 5) is 22.3. The molecule has 0 radical (unpaired) electrons. The number of carbonyl (C=O) groups excluding carboxylic acids is 2. The van der Waals surface area contributed by atoms with E-state index in [1.165, 1.54) is 11.8 Å². The minimum atomic E-state index is -0.237. The summed E-state index contributed by atoms with van der Waals surface area (Å²) >= 11 is 1.32. The van der Waals surface area contributed by atoms with Gasteiger partial charge in [0.05, 0.1) is 12.0 Å². The summed E-state index contributed by atoms with van der Waals surface area (Å²) in [5.41, 5.74) is 0.823. The summed E-state index contributed by atoms with van der Waals surface area (Å²) in [6, 6.07) is 6.96. The molecule has 0 aliphatic carbocycles. The molecule has 21 heavy (non-hydrogen) atoms. The first-order valence-corrected chi connectivity index (χ1v) is 7.50. The SMILES string of the molecule is CCCC(=O)Oc1ccc(C=NN=C2NC(=O)CS2)cc1. The van der Waals surface area contributed by atoms with Crippen LogP contribution in [0.1, 0.15) is 25.3 Å². The summed E-state index contributed by atoms with van der Waals surface area (Å²) in [6.45, 7) is 1.92. The Morgan fingerprint density at radius 2 is 2.19 bits per heavy atom. The van der Waals surface area contributed by atoms with E-state index in [4.69, 9.17) is 4.74 Å². The van der Waals surface area contributed by atoms with Crippen LogP contribution in [0.4, 0.5) is 0 Å². The first kappa shape index (κ1) is 15.2. The molecule has 0 atom stereocenters. The van der Waals surface area contributed by atoms with Crippen molar-refractivity contribution in [3.05, 3.63) is 29.8 Å². The molecule has 1 N–H and O–H groups in total. The topological polar surface area (TPSA) is 80.1 Å². The van der Waals surface area contributed by atoms with Crippen molar-refractivity contribution in [3.63, 3.8) is 0 Å². The fourth-order valence-electron chi connectivity index (χ4n) is 1.54. The van der Waals surface area contributed by atoms with E-state index in [2.05, 4.69) is 15.5 Å². The van der Waals surface area contributed by atoms with Gasteiger partial charge in [0.1, 0.15) is 5.75 Å². The molecule has 1 saturated heterocycles. The maximum Gasteiger partial charge on any atom is 0.311 e. The van der Waals surface area contributed by atoms with E-state index in [1.807, 2.05) is 6.92 Å². The maximum absolute atomic E-state index is 11.3. The lowest BCUT2D eigenvalue weighted by atomic mass is 10.2. The highest BCUT2D eigenvalue weighted by Gasteiger charge is 2.15. The van der Waals surface area contributed by atoms with Gasteiger partial charge in [-0.1, -0.05) is 18.7 Å². The summed E-state index contributed by atoms with van der Waals surface area (Å²) in [5, 5.41) is 10.9. The number of nitrogens with zero attached hydrogens (tertiary/aromatic N) is 2. The second kappa shape index (κ2) is 7.58. The third-order valence-electron chi connectivity index (χ3n) is 2.51. The quantitative estimate of drug-likeness (QED) is 0.390. The second-order valence-electron chi connectivity index (χ2n) is 4.28. The molecule has 1 aliphatic rings. The van der Waals surface area contributed by atoms with Crippen LogP contribution in [0.5, 0.6) is 5.75 Å². The number of hydrogen-bond acceptors (Lipinski definition) is 6. The van der Waals surface area contributed by atoms with Gasteiger partial charge in [-0.15, -0.1) is 5.10 Å². The number of benzene rings is 1. The van der Waals surface area contributed by atoms with Gasteiger partial charge in [0.25, 0.3) is 0 Å². The van der Waals surface area contributed by atoms with Crippen molar-refractivity contribution >= 4 is 35.0 Å². The van der Waals surface area contributed by atoms with Gasteiger partial charge in [0, 0.05) is 6.42 Å². The highest BCUT2D eigenvalue weighted by molar-refractivity contribution is 8.15. The molecular weight excluding hydrogens is 290 g/mol. The van der Waals surface area contributed by atoms with Crippen LogP contribution in [0.15, 0.2) is 34.5 Å². The van der Waals surface area contributed by atoms with Crippen LogP contribution in [0, 0.1) is 0 Å². The van der Waals surface area contributed by atoms with Crippen molar-refractivity contribution in [2.75, 3.05) is 5.75 Å². The molecule has 7 heteroatoms. The Labute approximate surface area is 126 Å². The Bertz CT molecular complexity index is 582. The number of nitrogens with one attached hydrogen (secondary N) is 1. The van der Waals surface area contributed by atoms with Crippen molar-refractivity contribution in [2.45, 2.75) is 19.8 Å². The van der Waals surface area contributed by atoms with E-state index in [0.717, 1.165) is 12.0 Å². The summed E-state index contributed by atoms with van der Waals surface area (Å²) in [5.74, 6) is 0.591. The lowest BCUT2D eigenvalue weighted by molar-refractivity contribution is -0.134. The zero-order chi connectivity index (χ0) is 15.1. The van der Waals surface area contributed by atoms with Crippen LogP contribution in [-0.4, -0.2) is 29.0 Å². The van der Waals surface area contributed by atoms with Crippen molar-refractivity contribution < 1.29 is 14.3 Å². The Morgan fingerprint density at radius 3 is 2.81 bits per heavy atom. The average molecular weight is 305 g/mol. The second-order valence-corrected chi connectivity index (χ2v) is 5.24. The van der Waals surface area contributed by atoms with E-state index >= 15 is 0 Å². The van der Waals surface area contributed by atoms with Crippen LogP contribution < -0.4 is 10.1 Å². The van der Waals surface area contributed by atoms with Gasteiger partial charge >= 0.3 is 5.97 Å². The van der Waals surface area contributed by atoms with E-state index in [9.17, 15) is 9.59 Å². The largest absolute Gasteiger partial charge is 0.427 e. The normalized spacial score (nSPS) is 16.4. The molecule has 1 fully saturated rings. The monoisotopic (exact) mass is 305 g/mol. The highest BCUT2D eigenvalue weighted by Crippen LogP contribution is 2.13. The van der Waals surface area contributed by atoms with Crippen LogP contribution in [0.25, 0.3) is 0 Å². The standard InChI is InChI=1S/C14H15N3O3S/c1-2-3-13(19)20-11-6-4-10(5-7-11)8-15-17-14-16-12(18)9-21-14/h4-8H,2-3,9H2,1H3,(H,16,17,18). The highest BCUT2D eigenvalue weighted by atomic mass is 32.2. The van der Waals surface area contributed by atoms with E-state index < -0.39 is 0 Å². The molecule has 6 nitrogen and oxygen atoms in total. The van der Waals surface area contributed by atoms with Crippen LogP contribution in [0.2, 0.25) is 0 Å². The minimum Gasteiger partial charge on any atom is -0.427 e. The Hall–Kier alpha value is -2.15. The smallest absolute Gasteiger partial charge is 0.311 e. The number of hydrogen-bond donors (Lipinski definition) is 1. The number of thioether (sulfide) groups is 1. The molecule has 110 valence electrons. The van der Waals surface area contributed by atoms with E-state index in [1.54, 1.807) is 30.5 Å². The lowest BCUT2D eigenvalue weighted by Gasteiger charge is -2.02. The first-order chi connectivity index (χ1) is 10.2. The van der Waals surface area contributed by atoms with E-state index in [0.29, 0.717) is 23.1 Å². The van der Waals surface area contributed by atoms with Crippen molar-refractivity contribution in [2.24, 2.45) is 10.2 Å². The third-order valence-corrected chi connectivity index (χ3v) is 3.37. The molecule has 1 amide bonds. The predicted octanol–water partition coefficient (Wildman–Crippen LogP) is 1.94. The number of esters is 1. The van der Waals surface area contributed by atoms with Crippen LogP contribution in [0.3, 0.4) is 0 Å². The Kier molecular flexibility index (Phi) is 5.51. The molecule has 0 saturated carbocycles. The summed E-state index contributed by atoms with van der Waals surface area (Å²) in [7, 11) is 0. The zero-order valence-electron chi connectivity index (χ0n) is 11.5. The third kappa shape index (κ3) is 5.03. The molecule has 1 aromatic rings. The molecule has 1 aliphatic heterocycles. The lowest BCUT2D eigenvalue weighted by Crippen LogP contribution is -2.19. The van der Waals surface area contributed by atoms with Gasteiger partial charge in [0.2, 0.25) is 5.91 Å². The van der Waals surface area contributed by atoms with Gasteiger partial charge in [-0.25, -0.2) is 0 Å². The van der Waals surface area contributed by atoms with Gasteiger partial charge in [-0.2, -0.15) is 5.10 Å². The van der Waals surface area contributed by atoms with Gasteiger partial charge < -0.3 is 10.1 Å². The molecule has 2 rings (SSSR count). The van der Waals surface area contributed by atoms with Gasteiger partial charge in [-0.3, -0.25) is 9.59 Å². The van der Waals surface area contributed by atoms with Crippen molar-refractivity contribution in [1.82, 2.24) is 5.32 Å². The summed E-state index contributed by atoms with van der Waals surface area (Å²) < 4.78 is 5.15. The Morgan fingerprint density at radius 1 is 1.43 bits per heavy atom. The number of ether oxygens (including phenoxy) is 1. The fourth-order valence-corrected chi connectivity index (χ4v) is 2.17. The van der Waals surface area contributed by atoms with Gasteiger partial charge in [0.15, 0.2) is 5.17 Å². The number of amidine groups is 1.